The molecule has 2 aromatic rings. The van der Waals surface area contributed by atoms with Gasteiger partial charge in [-0.05, 0) is 43.0 Å². The van der Waals surface area contributed by atoms with E-state index in [0.717, 1.165) is 12.0 Å². The van der Waals surface area contributed by atoms with Crippen molar-refractivity contribution in [3.63, 3.8) is 0 Å². The van der Waals surface area contributed by atoms with Crippen LogP contribution in [0.15, 0.2) is 41.3 Å². The van der Waals surface area contributed by atoms with Crippen molar-refractivity contribution in [1.82, 2.24) is 4.57 Å². The highest BCUT2D eigenvalue weighted by atomic mass is 16.5. The van der Waals surface area contributed by atoms with Crippen molar-refractivity contribution in [3.05, 3.63) is 69.1 Å². The van der Waals surface area contributed by atoms with Crippen LogP contribution in [0.5, 0.6) is 0 Å². The van der Waals surface area contributed by atoms with Crippen molar-refractivity contribution >= 4 is 0 Å². The molecule has 1 aromatic carbocycles. The first kappa shape index (κ1) is 16.5. The van der Waals surface area contributed by atoms with Gasteiger partial charge in [-0.2, -0.15) is 0 Å². The van der Waals surface area contributed by atoms with Crippen LogP contribution in [0.1, 0.15) is 34.7 Å². The topological polar surface area (TPSA) is 57.2 Å². The summed E-state index contributed by atoms with van der Waals surface area (Å²) in [7, 11) is 1.66. The average molecular weight is 300 g/mol. The van der Waals surface area contributed by atoms with Crippen LogP contribution in [-0.4, -0.2) is 18.3 Å². The van der Waals surface area contributed by atoms with Gasteiger partial charge in [-0.3, -0.25) is 4.79 Å². The van der Waals surface area contributed by atoms with Crippen molar-refractivity contribution in [2.24, 2.45) is 5.73 Å². The van der Waals surface area contributed by atoms with Gasteiger partial charge in [0.2, 0.25) is 0 Å². The minimum atomic E-state index is -0.401. The average Bonchev–Trinajstić information content (AvgIpc) is 2.51. The summed E-state index contributed by atoms with van der Waals surface area (Å²) < 4.78 is 6.74. The van der Waals surface area contributed by atoms with E-state index >= 15 is 0 Å². The van der Waals surface area contributed by atoms with E-state index < -0.39 is 6.04 Å². The van der Waals surface area contributed by atoms with Crippen LogP contribution in [0.3, 0.4) is 0 Å². The number of aromatic nitrogens is 1. The molecule has 0 spiro atoms. The number of nitrogens with zero attached hydrogens (tertiary/aromatic N) is 1. The normalized spacial score (nSPS) is 12.4. The molecule has 22 heavy (non-hydrogen) atoms. The molecule has 0 fully saturated rings. The summed E-state index contributed by atoms with van der Waals surface area (Å²) in [6.45, 7) is 5.40. The molecule has 0 aliphatic heterocycles. The highest BCUT2D eigenvalue weighted by Crippen LogP contribution is 2.19. The molecule has 0 aliphatic carbocycles. The number of rotatable bonds is 6. The monoisotopic (exact) mass is 300 g/mol. The lowest BCUT2D eigenvalue weighted by molar-refractivity contribution is 0.190. The van der Waals surface area contributed by atoms with E-state index in [2.05, 4.69) is 19.9 Å². The maximum Gasteiger partial charge on any atom is 0.255 e. The van der Waals surface area contributed by atoms with Gasteiger partial charge in [0.15, 0.2) is 0 Å². The van der Waals surface area contributed by atoms with E-state index in [0.29, 0.717) is 18.7 Å². The molecule has 0 bridgehead atoms. The molecule has 2 rings (SSSR count). The van der Waals surface area contributed by atoms with E-state index in [1.165, 1.54) is 11.1 Å². The third kappa shape index (κ3) is 3.64. The van der Waals surface area contributed by atoms with Crippen LogP contribution in [-0.2, 0) is 11.3 Å². The lowest BCUT2D eigenvalue weighted by Crippen LogP contribution is -2.28. The SMILES string of the molecule is COCCCn1cccc(C(N)c2ccc(C)c(C)c2)c1=O. The summed E-state index contributed by atoms with van der Waals surface area (Å²) in [5.74, 6) is 0. The van der Waals surface area contributed by atoms with E-state index in [1.54, 1.807) is 17.9 Å². The molecule has 0 saturated carbocycles. The first-order valence-corrected chi connectivity index (χ1v) is 7.55. The third-order valence-corrected chi connectivity index (χ3v) is 4.02. The number of aryl methyl sites for hydroxylation is 3. The molecule has 4 nitrogen and oxygen atoms in total. The fraction of sp³-hybridized carbons (Fsp3) is 0.389. The van der Waals surface area contributed by atoms with Crippen LogP contribution in [0, 0.1) is 13.8 Å². The van der Waals surface area contributed by atoms with Gasteiger partial charge in [0.1, 0.15) is 0 Å². The van der Waals surface area contributed by atoms with Crippen LogP contribution >= 0.6 is 0 Å². The molecule has 118 valence electrons. The zero-order valence-electron chi connectivity index (χ0n) is 13.5. The lowest BCUT2D eigenvalue weighted by atomic mass is 9.97. The molecule has 1 heterocycles. The quantitative estimate of drug-likeness (QED) is 0.834. The van der Waals surface area contributed by atoms with E-state index in [1.807, 2.05) is 24.3 Å². The molecular formula is C18H24N2O2. The van der Waals surface area contributed by atoms with Crippen molar-refractivity contribution in [2.45, 2.75) is 32.9 Å². The maximum atomic E-state index is 12.6. The van der Waals surface area contributed by atoms with Gasteiger partial charge in [-0.25, -0.2) is 0 Å². The number of benzene rings is 1. The van der Waals surface area contributed by atoms with E-state index in [4.69, 9.17) is 10.5 Å². The molecular weight excluding hydrogens is 276 g/mol. The van der Waals surface area contributed by atoms with Crippen LogP contribution in [0.4, 0.5) is 0 Å². The number of pyridine rings is 1. The fourth-order valence-corrected chi connectivity index (χ4v) is 2.49. The number of hydrogen-bond donors (Lipinski definition) is 1. The smallest absolute Gasteiger partial charge is 0.255 e. The predicted molar refractivity (Wildman–Crippen MR) is 89.1 cm³/mol. The van der Waals surface area contributed by atoms with Crippen LogP contribution < -0.4 is 11.3 Å². The largest absolute Gasteiger partial charge is 0.385 e. The summed E-state index contributed by atoms with van der Waals surface area (Å²) in [5, 5.41) is 0. The Labute approximate surface area is 131 Å². The second-order valence-electron chi connectivity index (χ2n) is 5.63. The second kappa shape index (κ2) is 7.38. The lowest BCUT2D eigenvalue weighted by Gasteiger charge is -2.15. The van der Waals surface area contributed by atoms with E-state index in [9.17, 15) is 4.79 Å². The predicted octanol–water partition coefficient (Wildman–Crippen LogP) is 2.55. The molecule has 1 atom stereocenters. The third-order valence-electron chi connectivity index (χ3n) is 4.02. The Kier molecular flexibility index (Phi) is 5.52. The molecule has 1 unspecified atom stereocenters. The second-order valence-corrected chi connectivity index (χ2v) is 5.63. The first-order valence-electron chi connectivity index (χ1n) is 7.55. The maximum absolute atomic E-state index is 12.6. The summed E-state index contributed by atoms with van der Waals surface area (Å²) in [6.07, 6.45) is 2.60. The fourth-order valence-electron chi connectivity index (χ4n) is 2.49. The number of ether oxygens (including phenoxy) is 1. The number of methoxy groups -OCH3 is 1. The zero-order valence-corrected chi connectivity index (χ0v) is 13.5. The molecule has 0 radical (unpaired) electrons. The number of hydrogen-bond acceptors (Lipinski definition) is 3. The van der Waals surface area contributed by atoms with Gasteiger partial charge in [-0.15, -0.1) is 0 Å². The van der Waals surface area contributed by atoms with Crippen molar-refractivity contribution in [1.29, 1.82) is 0 Å². The Morgan fingerprint density at radius 3 is 2.68 bits per heavy atom. The first-order chi connectivity index (χ1) is 10.5. The van der Waals surface area contributed by atoms with Gasteiger partial charge < -0.3 is 15.0 Å². The van der Waals surface area contributed by atoms with Crippen LogP contribution in [0.25, 0.3) is 0 Å². The molecule has 0 aliphatic rings. The molecule has 1 aromatic heterocycles. The Hall–Kier alpha value is -1.91. The summed E-state index contributed by atoms with van der Waals surface area (Å²) in [6, 6.07) is 9.39. The van der Waals surface area contributed by atoms with Gasteiger partial charge in [0.25, 0.3) is 5.56 Å². The molecule has 4 heteroatoms. The zero-order chi connectivity index (χ0) is 16.1. The Bertz CT molecular complexity index is 692. The van der Waals surface area contributed by atoms with Gasteiger partial charge in [-0.1, -0.05) is 24.3 Å². The molecule has 2 N–H and O–H groups in total. The minimum Gasteiger partial charge on any atom is -0.385 e. The molecule has 0 amide bonds. The Morgan fingerprint density at radius 1 is 1.23 bits per heavy atom. The summed E-state index contributed by atoms with van der Waals surface area (Å²) in [4.78, 5) is 12.6. The Morgan fingerprint density at radius 2 is 2.00 bits per heavy atom. The number of nitrogens with two attached hydrogens (primary N) is 1. The van der Waals surface area contributed by atoms with E-state index in [-0.39, 0.29) is 5.56 Å². The van der Waals surface area contributed by atoms with Crippen molar-refractivity contribution in [3.8, 4) is 0 Å². The van der Waals surface area contributed by atoms with Gasteiger partial charge >= 0.3 is 0 Å². The highest BCUT2D eigenvalue weighted by molar-refractivity contribution is 5.36. The van der Waals surface area contributed by atoms with Gasteiger partial charge in [0.05, 0.1) is 6.04 Å². The van der Waals surface area contributed by atoms with Crippen LogP contribution in [0.2, 0.25) is 0 Å². The minimum absolute atomic E-state index is 0.0238. The summed E-state index contributed by atoms with van der Waals surface area (Å²) >= 11 is 0. The summed E-state index contributed by atoms with van der Waals surface area (Å²) in [5.41, 5.74) is 10.3. The molecule has 0 saturated heterocycles. The van der Waals surface area contributed by atoms with Crippen molar-refractivity contribution in [2.75, 3.05) is 13.7 Å². The standard InChI is InChI=1S/C18H24N2O2/c1-13-7-8-15(12-14(13)2)17(19)16-6-4-9-20(18(16)21)10-5-11-22-3/h4,6-9,12,17H,5,10-11,19H2,1-3H3. The van der Waals surface area contributed by atoms with Gasteiger partial charge in [0, 0.05) is 32.0 Å². The Balaban J connectivity index is 2.29. The highest BCUT2D eigenvalue weighted by Gasteiger charge is 2.14. The van der Waals surface area contributed by atoms with Crippen molar-refractivity contribution < 1.29 is 4.74 Å².